The number of hydrogen-bond donors (Lipinski definition) is 5. The average Bonchev–Trinajstić information content (AvgIpc) is 3.92. The van der Waals surface area contributed by atoms with E-state index in [1.165, 1.54) is 0 Å². The van der Waals surface area contributed by atoms with Gasteiger partial charge in [-0.05, 0) is 89.4 Å². The van der Waals surface area contributed by atoms with Crippen molar-refractivity contribution in [1.82, 2.24) is 10.2 Å². The number of aliphatic hydroxyl groups excluding tert-OH is 3. The molecule has 2 aromatic rings. The van der Waals surface area contributed by atoms with E-state index in [-0.39, 0.29) is 30.7 Å². The molecule has 5 heterocycles. The van der Waals surface area contributed by atoms with E-state index < -0.39 is 41.8 Å². The molecular weight excluding hydrogens is 705 g/mol. The van der Waals surface area contributed by atoms with Gasteiger partial charge >= 0.3 is 0 Å². The minimum absolute atomic E-state index is 0.0186. The molecular formula is C46H48N4O6. The summed E-state index contributed by atoms with van der Waals surface area (Å²) < 4.78 is 13.2. The molecule has 9 rings (SSSR count). The number of nitrogens with two attached hydrogens (primary N) is 1. The van der Waals surface area contributed by atoms with Crippen LogP contribution in [0.1, 0.15) is 92.0 Å². The highest BCUT2D eigenvalue weighted by atomic mass is 16.5. The number of aliphatic imine (C=N–C) groups is 1. The Morgan fingerprint density at radius 1 is 1.12 bits per heavy atom. The number of aliphatic hydroxyl groups is 3. The van der Waals surface area contributed by atoms with Crippen molar-refractivity contribution in [3.63, 3.8) is 0 Å². The number of allylic oxidation sites excluding steroid dienone is 2. The normalized spacial score (nSPS) is 29.4. The molecule has 0 aromatic heterocycles. The molecule has 6 N–H and O–H groups in total. The van der Waals surface area contributed by atoms with Crippen molar-refractivity contribution in [2.45, 2.75) is 95.4 Å². The molecule has 0 radical (unpaired) electrons. The number of benzene rings is 2. The fraction of sp³-hybridized carbons (Fsp3) is 0.435. The van der Waals surface area contributed by atoms with E-state index in [1.54, 1.807) is 0 Å². The highest BCUT2D eigenvalue weighted by Gasteiger charge is 2.48. The van der Waals surface area contributed by atoms with Gasteiger partial charge in [-0.2, -0.15) is 0 Å². The second-order valence-corrected chi connectivity index (χ2v) is 16.4. The Labute approximate surface area is 327 Å². The number of ether oxygens (including phenoxy) is 2. The van der Waals surface area contributed by atoms with Crippen molar-refractivity contribution in [3.8, 4) is 35.4 Å². The summed E-state index contributed by atoms with van der Waals surface area (Å²) in [4.78, 5) is 20.2. The van der Waals surface area contributed by atoms with Crippen molar-refractivity contribution >= 4 is 17.6 Å². The van der Waals surface area contributed by atoms with E-state index in [9.17, 15) is 20.1 Å². The minimum atomic E-state index is -1.06. The largest absolute Gasteiger partial charge is 0.465 e. The number of nitrogens with zero attached hydrogens (tertiary/aromatic N) is 2. The number of Topliss-reactive ketones (excluding diaryl/α,β-unsaturated/α-hetero) is 1. The van der Waals surface area contributed by atoms with Crippen LogP contribution >= 0.6 is 0 Å². The summed E-state index contributed by atoms with van der Waals surface area (Å²) in [7, 11) is 0. The number of fused-ring (bicyclic) bond motifs is 8. The Bertz CT molecular complexity index is 2230. The zero-order valence-corrected chi connectivity index (χ0v) is 31.6. The molecule has 0 saturated heterocycles. The topological polar surface area (TPSA) is 150 Å². The highest BCUT2D eigenvalue weighted by molar-refractivity contribution is 6.09. The van der Waals surface area contributed by atoms with Crippen LogP contribution in [0.15, 0.2) is 77.2 Å². The fourth-order valence-corrected chi connectivity index (χ4v) is 9.56. The predicted octanol–water partition coefficient (Wildman–Crippen LogP) is 5.11. The van der Waals surface area contributed by atoms with Gasteiger partial charge in [0, 0.05) is 43.2 Å². The van der Waals surface area contributed by atoms with Gasteiger partial charge in [-0.3, -0.25) is 9.79 Å². The Morgan fingerprint density at radius 2 is 1.96 bits per heavy atom. The van der Waals surface area contributed by atoms with Crippen LogP contribution in [0.5, 0.6) is 11.5 Å². The number of aryl methyl sites for hydroxylation is 1. The summed E-state index contributed by atoms with van der Waals surface area (Å²) in [6.07, 6.45) is 16.6. The monoisotopic (exact) mass is 752 g/mol. The number of rotatable bonds is 6. The first-order valence-electron chi connectivity index (χ1n) is 20.0. The molecule has 0 unspecified atom stereocenters. The summed E-state index contributed by atoms with van der Waals surface area (Å²) in [5.41, 5.74) is 13.5. The van der Waals surface area contributed by atoms with Crippen molar-refractivity contribution < 1.29 is 29.6 Å². The van der Waals surface area contributed by atoms with Gasteiger partial charge < -0.3 is 40.7 Å². The molecule has 8 atom stereocenters. The van der Waals surface area contributed by atoms with Crippen LogP contribution in [0.3, 0.4) is 0 Å². The third-order valence-corrected chi connectivity index (χ3v) is 12.7. The number of carbonyl (C=O) groups excluding carboxylic acids is 1. The maximum Gasteiger partial charge on any atom is 0.187 e. The van der Waals surface area contributed by atoms with Gasteiger partial charge in [0.2, 0.25) is 0 Å². The molecule has 288 valence electrons. The van der Waals surface area contributed by atoms with Gasteiger partial charge in [0.15, 0.2) is 17.7 Å². The fourth-order valence-electron chi connectivity index (χ4n) is 9.56. The molecule has 1 saturated carbocycles. The van der Waals surface area contributed by atoms with Gasteiger partial charge in [0.05, 0.1) is 35.8 Å². The summed E-state index contributed by atoms with van der Waals surface area (Å²) in [5.74, 6) is 10.6. The van der Waals surface area contributed by atoms with Crippen LogP contribution in [0.2, 0.25) is 0 Å². The average molecular weight is 753 g/mol. The van der Waals surface area contributed by atoms with Gasteiger partial charge in [-0.15, -0.1) is 0 Å². The molecule has 2 aliphatic carbocycles. The lowest BCUT2D eigenvalue weighted by molar-refractivity contribution is -0.122. The van der Waals surface area contributed by atoms with Crippen molar-refractivity contribution in [2.24, 2.45) is 33.9 Å². The van der Waals surface area contributed by atoms with Crippen LogP contribution in [-0.4, -0.2) is 56.7 Å². The van der Waals surface area contributed by atoms with Gasteiger partial charge in [-0.25, -0.2) is 0 Å². The molecule has 1 fully saturated rings. The van der Waals surface area contributed by atoms with E-state index in [0.29, 0.717) is 37.3 Å². The van der Waals surface area contributed by atoms with Crippen LogP contribution in [0, 0.1) is 47.0 Å². The van der Waals surface area contributed by atoms with Crippen LogP contribution in [0.25, 0.3) is 6.08 Å². The molecule has 7 aliphatic rings. The smallest absolute Gasteiger partial charge is 0.187 e. The van der Waals surface area contributed by atoms with Gasteiger partial charge in [0.25, 0.3) is 0 Å². The summed E-state index contributed by atoms with van der Waals surface area (Å²) in [6, 6.07) is 9.60. The lowest BCUT2D eigenvalue weighted by atomic mass is 9.73. The zero-order chi connectivity index (χ0) is 38.6. The van der Waals surface area contributed by atoms with E-state index >= 15 is 0 Å². The molecule has 2 aromatic carbocycles. The maximum absolute atomic E-state index is 13.1. The van der Waals surface area contributed by atoms with E-state index in [1.807, 2.05) is 67.9 Å². The number of carbonyl (C=O) groups is 1. The Hall–Kier alpha value is -5.10. The lowest BCUT2D eigenvalue weighted by Gasteiger charge is -2.39. The molecule has 1 spiro atoms. The molecule has 2 bridgehead atoms. The number of nitrogens with one attached hydrogen (secondary N) is 1. The molecule has 0 amide bonds. The summed E-state index contributed by atoms with van der Waals surface area (Å²) in [5, 5.41) is 36.4. The van der Waals surface area contributed by atoms with E-state index in [4.69, 9.17) is 20.2 Å². The highest BCUT2D eigenvalue weighted by Crippen LogP contribution is 2.49. The zero-order valence-electron chi connectivity index (χ0n) is 31.6. The standard InChI is InChI=1S/C46H48N4O6/c1-27-4-8-34(40(53)20-27)41(54)23-30(51)7-5-28-6-13-42-43(21-28)56-45-37(46(17-19-55-42)15-2-3-16-46)11-12-39(52)32-9-10-33-31(14-18-48-44(33)47)35(32)22-29-24-49-38-26-50(45)25-36(29)38/h4,6,8-10,13-14,18,21,24-25,27,34,37,39-41,44-45,48,52-54H,2-3,5,7,15-16,20,22-23,26,47H2,1H3/t27-,34+,37-,39-,40+,41+,44+,45-/m1/s1. The van der Waals surface area contributed by atoms with Crippen molar-refractivity contribution in [3.05, 3.63) is 100 Å². The van der Waals surface area contributed by atoms with E-state index in [0.717, 1.165) is 70.4 Å². The molecule has 10 nitrogen and oxygen atoms in total. The van der Waals surface area contributed by atoms with Crippen LogP contribution < -0.4 is 20.5 Å². The molecule has 56 heavy (non-hydrogen) atoms. The third kappa shape index (κ3) is 6.75. The molecule has 5 aliphatic heterocycles. The van der Waals surface area contributed by atoms with Crippen molar-refractivity contribution in [2.75, 3.05) is 6.54 Å². The molecule has 10 heteroatoms. The maximum atomic E-state index is 13.1. The van der Waals surface area contributed by atoms with Crippen LogP contribution in [0.4, 0.5) is 0 Å². The second-order valence-electron chi connectivity index (χ2n) is 16.4. The van der Waals surface area contributed by atoms with E-state index in [2.05, 4.69) is 40.3 Å². The second kappa shape index (κ2) is 14.8. The summed E-state index contributed by atoms with van der Waals surface area (Å²) in [6.45, 7) is 2.55. The Balaban J connectivity index is 1.05. The minimum Gasteiger partial charge on any atom is -0.465 e. The SMILES string of the molecule is C[C@@H]1C=C[C@H]([C@@H](O)CC(=O)CCc2ccc3c(c2)O[C@@H]2[C@@H](C#C[C@@H](O)c4ccc5c(c4CC4=CN=C6CN2C=C46)C=CN[C@@H]5N)C2(C#CO3)CCCC2)[C@@H](O)C1. The quantitative estimate of drug-likeness (QED) is 0.201. The predicted molar refractivity (Wildman–Crippen MR) is 212 cm³/mol. The Kier molecular flexibility index (Phi) is 9.63. The summed E-state index contributed by atoms with van der Waals surface area (Å²) >= 11 is 0. The lowest BCUT2D eigenvalue weighted by Crippen LogP contribution is -2.47. The first kappa shape index (κ1) is 36.5. The van der Waals surface area contributed by atoms with Gasteiger partial charge in [0.1, 0.15) is 24.2 Å². The first-order valence-corrected chi connectivity index (χ1v) is 20.0. The third-order valence-electron chi connectivity index (χ3n) is 12.7. The van der Waals surface area contributed by atoms with Crippen molar-refractivity contribution in [1.29, 1.82) is 0 Å². The number of ketones is 1. The number of hydrogen-bond acceptors (Lipinski definition) is 10. The Morgan fingerprint density at radius 3 is 2.80 bits per heavy atom. The first-order chi connectivity index (χ1) is 27.2. The van der Waals surface area contributed by atoms with Gasteiger partial charge in [-0.1, -0.05) is 67.9 Å². The van der Waals surface area contributed by atoms with Crippen LogP contribution in [-0.2, 0) is 17.6 Å².